The second-order valence-electron chi connectivity index (χ2n) is 5.62. The molecule has 0 saturated heterocycles. The average molecular weight is 308 g/mol. The highest BCUT2D eigenvalue weighted by atomic mass is 32.2. The van der Waals surface area contributed by atoms with Gasteiger partial charge in [-0.2, -0.15) is 13.2 Å². The van der Waals surface area contributed by atoms with E-state index in [1.807, 2.05) is 0 Å². The topological polar surface area (TPSA) is 42.0 Å². The molecule has 0 aliphatic heterocycles. The summed E-state index contributed by atoms with van der Waals surface area (Å²) in [5.41, 5.74) is 1.17. The van der Waals surface area contributed by atoms with Gasteiger partial charge in [-0.05, 0) is 45.4 Å². The van der Waals surface area contributed by atoms with Gasteiger partial charge in [0, 0.05) is 18.3 Å². The van der Waals surface area contributed by atoms with Crippen molar-refractivity contribution in [2.24, 2.45) is 0 Å². The van der Waals surface area contributed by atoms with Crippen LogP contribution in [0.25, 0.3) is 0 Å². The Labute approximate surface area is 119 Å². The number of nitrogens with one attached hydrogen (secondary N) is 1. The van der Waals surface area contributed by atoms with Crippen LogP contribution in [-0.2, 0) is 17.4 Å². The van der Waals surface area contributed by atoms with Crippen molar-refractivity contribution in [3.63, 3.8) is 0 Å². The Balaban J connectivity index is 2.89. The van der Waals surface area contributed by atoms with Gasteiger partial charge in [0.1, 0.15) is 6.04 Å². The van der Waals surface area contributed by atoms with E-state index in [9.17, 15) is 17.4 Å². The maximum absolute atomic E-state index is 13.0. The molecule has 0 aliphatic carbocycles. The molecule has 1 aromatic heterocycles. The summed E-state index contributed by atoms with van der Waals surface area (Å²) in [7, 11) is -1.79. The molecule has 20 heavy (non-hydrogen) atoms. The molecular formula is C13H19F3N2OS. The number of nitrogens with zero attached hydrogens (tertiary/aromatic N) is 1. The fourth-order valence-electron chi connectivity index (χ4n) is 1.45. The molecule has 1 rings (SSSR count). The van der Waals surface area contributed by atoms with Crippen LogP contribution in [0.4, 0.5) is 13.2 Å². The Morgan fingerprint density at radius 2 is 1.95 bits per heavy atom. The van der Waals surface area contributed by atoms with Crippen LogP contribution >= 0.6 is 0 Å². The van der Waals surface area contributed by atoms with Gasteiger partial charge in [-0.25, -0.2) is 8.93 Å². The van der Waals surface area contributed by atoms with E-state index < -0.39 is 28.0 Å². The molecule has 1 heterocycles. The number of halogens is 3. The SMILES string of the molecule is Cc1ccnc(C[C@H](NS(=O)C(C)(C)C)C(F)(F)F)c1. The Morgan fingerprint density at radius 1 is 1.35 bits per heavy atom. The molecule has 0 spiro atoms. The Morgan fingerprint density at radius 3 is 2.40 bits per heavy atom. The first kappa shape index (κ1) is 17.1. The zero-order valence-corrected chi connectivity index (χ0v) is 12.7. The minimum atomic E-state index is -4.48. The van der Waals surface area contributed by atoms with E-state index in [4.69, 9.17) is 0 Å². The van der Waals surface area contributed by atoms with Gasteiger partial charge in [0.15, 0.2) is 0 Å². The minimum Gasteiger partial charge on any atom is -0.261 e. The third-order valence-electron chi connectivity index (χ3n) is 2.59. The maximum Gasteiger partial charge on any atom is 0.405 e. The first-order valence-corrected chi connectivity index (χ1v) is 7.31. The van der Waals surface area contributed by atoms with Crippen LogP contribution in [0, 0.1) is 6.92 Å². The highest BCUT2D eigenvalue weighted by Gasteiger charge is 2.42. The van der Waals surface area contributed by atoms with E-state index in [0.29, 0.717) is 5.69 Å². The zero-order valence-electron chi connectivity index (χ0n) is 11.9. The Bertz CT molecular complexity index is 483. The number of aromatic nitrogens is 1. The van der Waals surface area contributed by atoms with Gasteiger partial charge in [-0.3, -0.25) is 4.98 Å². The molecule has 0 saturated carbocycles. The molecule has 2 atom stereocenters. The van der Waals surface area contributed by atoms with Gasteiger partial charge in [-0.15, -0.1) is 0 Å². The molecule has 0 bridgehead atoms. The number of hydrogen-bond donors (Lipinski definition) is 1. The summed E-state index contributed by atoms with van der Waals surface area (Å²) in [6.45, 7) is 6.64. The smallest absolute Gasteiger partial charge is 0.261 e. The molecule has 3 nitrogen and oxygen atoms in total. The third kappa shape index (κ3) is 5.20. The highest BCUT2D eigenvalue weighted by Crippen LogP contribution is 2.24. The third-order valence-corrected chi connectivity index (χ3v) is 4.20. The van der Waals surface area contributed by atoms with Crippen molar-refractivity contribution in [2.75, 3.05) is 0 Å². The van der Waals surface area contributed by atoms with Gasteiger partial charge >= 0.3 is 6.18 Å². The molecule has 7 heteroatoms. The lowest BCUT2D eigenvalue weighted by atomic mass is 10.1. The summed E-state index contributed by atoms with van der Waals surface area (Å²) in [5.74, 6) is 0. The monoisotopic (exact) mass is 308 g/mol. The van der Waals surface area contributed by atoms with E-state index >= 15 is 0 Å². The molecule has 114 valence electrons. The lowest BCUT2D eigenvalue weighted by molar-refractivity contribution is -0.150. The van der Waals surface area contributed by atoms with E-state index in [0.717, 1.165) is 5.56 Å². The fourth-order valence-corrected chi connectivity index (χ4v) is 2.28. The molecule has 0 amide bonds. The van der Waals surface area contributed by atoms with Crippen LogP contribution in [0.1, 0.15) is 32.0 Å². The van der Waals surface area contributed by atoms with Crippen LogP contribution in [0.15, 0.2) is 18.3 Å². The van der Waals surface area contributed by atoms with E-state index in [1.165, 1.54) is 6.20 Å². The van der Waals surface area contributed by atoms with Crippen molar-refractivity contribution in [3.8, 4) is 0 Å². The number of hydrogen-bond acceptors (Lipinski definition) is 2. The number of rotatable bonds is 4. The fraction of sp³-hybridized carbons (Fsp3) is 0.615. The molecule has 0 fully saturated rings. The van der Waals surface area contributed by atoms with Gasteiger partial charge < -0.3 is 0 Å². The van der Waals surface area contributed by atoms with Crippen molar-refractivity contribution in [1.29, 1.82) is 0 Å². The predicted molar refractivity (Wildman–Crippen MR) is 73.6 cm³/mol. The number of alkyl halides is 3. The molecule has 0 aromatic carbocycles. The van der Waals surface area contributed by atoms with Crippen LogP contribution in [0.5, 0.6) is 0 Å². The van der Waals surface area contributed by atoms with Crippen molar-refractivity contribution in [1.82, 2.24) is 9.71 Å². The zero-order chi connectivity index (χ0) is 15.6. The van der Waals surface area contributed by atoms with Crippen molar-refractivity contribution >= 4 is 11.0 Å². The van der Waals surface area contributed by atoms with E-state index in [-0.39, 0.29) is 6.42 Å². The maximum atomic E-state index is 13.0. The summed E-state index contributed by atoms with van der Waals surface area (Å²) in [5, 5.41) is 0. The quantitative estimate of drug-likeness (QED) is 0.929. The predicted octanol–water partition coefficient (Wildman–Crippen LogP) is 2.92. The van der Waals surface area contributed by atoms with Gasteiger partial charge in [0.25, 0.3) is 0 Å². The van der Waals surface area contributed by atoms with Gasteiger partial charge in [-0.1, -0.05) is 0 Å². The van der Waals surface area contributed by atoms with Crippen LogP contribution in [0.3, 0.4) is 0 Å². The highest BCUT2D eigenvalue weighted by molar-refractivity contribution is 7.84. The van der Waals surface area contributed by atoms with Crippen LogP contribution in [-0.4, -0.2) is 26.2 Å². The number of aryl methyl sites for hydroxylation is 1. The Hall–Kier alpha value is -0.950. The van der Waals surface area contributed by atoms with Gasteiger partial charge in [0.2, 0.25) is 0 Å². The summed E-state index contributed by atoms with van der Waals surface area (Å²) >= 11 is 0. The molecule has 0 radical (unpaired) electrons. The van der Waals surface area contributed by atoms with Crippen LogP contribution < -0.4 is 4.72 Å². The first-order valence-electron chi connectivity index (χ1n) is 6.16. The van der Waals surface area contributed by atoms with Gasteiger partial charge in [0.05, 0.1) is 15.7 Å². The molecule has 1 N–H and O–H groups in total. The lowest BCUT2D eigenvalue weighted by Gasteiger charge is -2.25. The summed E-state index contributed by atoms with van der Waals surface area (Å²) in [6.07, 6.45) is -3.35. The molecule has 1 unspecified atom stereocenters. The van der Waals surface area contributed by atoms with E-state index in [1.54, 1.807) is 39.8 Å². The van der Waals surface area contributed by atoms with Crippen molar-refractivity contribution in [2.45, 2.75) is 51.1 Å². The van der Waals surface area contributed by atoms with Crippen molar-refractivity contribution < 1.29 is 17.4 Å². The normalized spacial score (nSPS) is 15.9. The second kappa shape index (κ2) is 6.22. The van der Waals surface area contributed by atoms with Crippen molar-refractivity contribution in [3.05, 3.63) is 29.6 Å². The average Bonchev–Trinajstić information content (AvgIpc) is 2.25. The first-order chi connectivity index (χ1) is 9.00. The Kier molecular flexibility index (Phi) is 5.32. The number of pyridine rings is 1. The van der Waals surface area contributed by atoms with E-state index in [2.05, 4.69) is 9.71 Å². The standard InChI is InChI=1S/C13H19F3N2OS/c1-9-5-6-17-10(7-9)8-11(13(14,15)16)18-20(19)12(2,3)4/h5-7,11,18H,8H2,1-4H3/t11-,20?/m0/s1. The summed E-state index contributed by atoms with van der Waals surface area (Å²) in [6, 6.07) is 1.43. The molecule has 1 aromatic rings. The second-order valence-corrected chi connectivity index (χ2v) is 7.62. The summed E-state index contributed by atoms with van der Waals surface area (Å²) < 4.78 is 52.4. The largest absolute Gasteiger partial charge is 0.405 e. The summed E-state index contributed by atoms with van der Waals surface area (Å²) in [4.78, 5) is 3.92. The molecular weight excluding hydrogens is 289 g/mol. The molecule has 0 aliphatic rings. The minimum absolute atomic E-state index is 0.325. The lowest BCUT2D eigenvalue weighted by Crippen LogP contribution is -2.48. The van der Waals surface area contributed by atoms with Crippen LogP contribution in [0.2, 0.25) is 0 Å².